The maximum Gasteiger partial charge on any atom is 0.303 e. The molecule has 1 atom stereocenters. The van der Waals surface area contributed by atoms with E-state index in [0.717, 1.165) is 24.3 Å². The molecule has 2 aromatic carbocycles. The Hall–Kier alpha value is -3.04. The lowest BCUT2D eigenvalue weighted by Gasteiger charge is -2.33. The smallest absolute Gasteiger partial charge is 0.303 e. The third-order valence-corrected chi connectivity index (χ3v) is 7.36. The third kappa shape index (κ3) is 7.22. The van der Waals surface area contributed by atoms with Crippen LogP contribution in [0.4, 0.5) is 18.9 Å². The monoisotopic (exact) mass is 527 g/mol. The molecule has 0 fully saturated rings. The lowest BCUT2D eigenvalue weighted by Crippen LogP contribution is -2.40. The molecule has 0 saturated carbocycles. The molecule has 35 heavy (non-hydrogen) atoms. The number of anilines is 1. The number of rotatable bonds is 11. The lowest BCUT2D eigenvalue weighted by molar-refractivity contribution is -0.137. The van der Waals surface area contributed by atoms with E-state index in [0.29, 0.717) is 4.31 Å². The van der Waals surface area contributed by atoms with Gasteiger partial charge in [0.15, 0.2) is 0 Å². The number of hydrogen-bond acceptors (Lipinski definition) is 3. The van der Waals surface area contributed by atoms with Crippen LogP contribution < -0.4 is 4.31 Å². The highest BCUT2D eigenvalue weighted by molar-refractivity contribution is 7.92. The molecule has 0 spiro atoms. The second kappa shape index (κ2) is 12.1. The number of hydrogen-bond donors (Lipinski definition) is 1. The van der Waals surface area contributed by atoms with Gasteiger partial charge in [-0.25, -0.2) is 21.6 Å². The van der Waals surface area contributed by atoms with Gasteiger partial charge in [0.25, 0.3) is 10.0 Å². The number of nitrogens with zero attached hydrogens (tertiary/aromatic N) is 1. The Morgan fingerprint density at radius 3 is 2.37 bits per heavy atom. The van der Waals surface area contributed by atoms with Crippen molar-refractivity contribution in [2.24, 2.45) is 0 Å². The predicted molar refractivity (Wildman–Crippen MR) is 131 cm³/mol. The van der Waals surface area contributed by atoms with Crippen molar-refractivity contribution in [3.05, 3.63) is 94.8 Å². The first-order valence-corrected chi connectivity index (χ1v) is 12.4. The van der Waals surface area contributed by atoms with Gasteiger partial charge in [0, 0.05) is 17.5 Å². The van der Waals surface area contributed by atoms with Crippen LogP contribution in [-0.2, 0) is 14.8 Å². The van der Waals surface area contributed by atoms with E-state index in [1.807, 2.05) is 0 Å². The zero-order valence-electron chi connectivity index (χ0n) is 19.1. The molecule has 2 aromatic rings. The number of carboxylic acids is 1. The van der Waals surface area contributed by atoms with Crippen molar-refractivity contribution in [3.63, 3.8) is 0 Å². The van der Waals surface area contributed by atoms with Gasteiger partial charge in [-0.3, -0.25) is 9.10 Å². The molecule has 188 valence electrons. The normalized spacial score (nSPS) is 13.4. The molecule has 5 nitrogen and oxygen atoms in total. The Morgan fingerprint density at radius 2 is 1.80 bits per heavy atom. The van der Waals surface area contributed by atoms with Crippen molar-refractivity contribution in [2.75, 3.05) is 4.31 Å². The molecule has 0 bridgehead atoms. The molecule has 0 aliphatic heterocycles. The molecule has 0 radical (unpaired) electrons. The molecule has 10 heteroatoms. The number of carbonyl (C=O) groups is 1. The summed E-state index contributed by atoms with van der Waals surface area (Å²) in [4.78, 5) is 10.7. The van der Waals surface area contributed by atoms with E-state index < -0.39 is 45.2 Å². The highest BCUT2D eigenvalue weighted by Gasteiger charge is 2.34. The van der Waals surface area contributed by atoms with Gasteiger partial charge in [-0.1, -0.05) is 24.3 Å². The van der Waals surface area contributed by atoms with E-state index in [-0.39, 0.29) is 40.3 Å². The Kier molecular flexibility index (Phi) is 9.73. The minimum atomic E-state index is -4.48. The molecule has 1 N–H and O–H groups in total. The SMILES string of the molecule is C=C(/C(=C\C(F)=C/C)CCCC(=O)O)[C@@H](C)N(c1cc(F)ccc1F)S(=O)(=O)c1ccc(Cl)cc1. The summed E-state index contributed by atoms with van der Waals surface area (Å²) >= 11 is 5.87. The number of allylic oxidation sites excluding steroid dienone is 3. The number of halogens is 4. The number of sulfonamides is 1. The first-order chi connectivity index (χ1) is 16.4. The second-order valence-electron chi connectivity index (χ2n) is 7.64. The van der Waals surface area contributed by atoms with Crippen LogP contribution in [0, 0.1) is 11.6 Å². The molecular formula is C25H25ClF3NO4S. The number of carboxylic acid groups (broad SMARTS) is 1. The fraction of sp³-hybridized carbons (Fsp3) is 0.240. The van der Waals surface area contributed by atoms with Gasteiger partial charge >= 0.3 is 5.97 Å². The third-order valence-electron chi connectivity index (χ3n) is 5.21. The van der Waals surface area contributed by atoms with Crippen LogP contribution in [0.1, 0.15) is 33.1 Å². The van der Waals surface area contributed by atoms with Crippen LogP contribution in [0.25, 0.3) is 0 Å². The minimum absolute atomic E-state index is 0.0667. The number of benzene rings is 2. The van der Waals surface area contributed by atoms with Gasteiger partial charge in [0.05, 0.1) is 16.6 Å². The molecule has 0 amide bonds. The van der Waals surface area contributed by atoms with Crippen molar-refractivity contribution in [3.8, 4) is 0 Å². The van der Waals surface area contributed by atoms with E-state index in [2.05, 4.69) is 6.58 Å². The van der Waals surface area contributed by atoms with Gasteiger partial charge in [-0.05, 0) is 80.3 Å². The Morgan fingerprint density at radius 1 is 1.17 bits per heavy atom. The van der Waals surface area contributed by atoms with Crippen molar-refractivity contribution in [1.29, 1.82) is 0 Å². The summed E-state index contributed by atoms with van der Waals surface area (Å²) in [5.41, 5.74) is -0.235. The zero-order valence-corrected chi connectivity index (χ0v) is 20.7. The van der Waals surface area contributed by atoms with E-state index in [9.17, 15) is 26.4 Å². The van der Waals surface area contributed by atoms with Crippen molar-refractivity contribution >= 4 is 33.3 Å². The Bertz CT molecular complexity index is 1260. The minimum Gasteiger partial charge on any atom is -0.481 e. The molecule has 2 rings (SSSR count). The average Bonchev–Trinajstić information content (AvgIpc) is 2.80. The van der Waals surface area contributed by atoms with E-state index >= 15 is 0 Å². The summed E-state index contributed by atoms with van der Waals surface area (Å²) in [7, 11) is -4.48. The van der Waals surface area contributed by atoms with Gasteiger partial charge in [0.1, 0.15) is 17.5 Å². The van der Waals surface area contributed by atoms with Gasteiger partial charge in [-0.15, -0.1) is 0 Å². The van der Waals surface area contributed by atoms with Crippen LogP contribution in [0.3, 0.4) is 0 Å². The predicted octanol–water partition coefficient (Wildman–Crippen LogP) is 6.81. The standard InChI is InChI=1S/C25H25ClF3NO4S/c1-4-20(27)14-18(6-5-7-25(31)32)16(2)17(3)30(24-15-21(28)10-13-23(24)29)35(33,34)22-11-8-19(26)9-12-22/h4,8-15,17H,2,5-7H2,1,3H3,(H,31,32)/b18-14-,20-4+/t17-/m1/s1. The number of aliphatic carboxylic acids is 1. The second-order valence-corrected chi connectivity index (χ2v) is 9.89. The summed E-state index contributed by atoms with van der Waals surface area (Å²) in [6.45, 7) is 6.76. The summed E-state index contributed by atoms with van der Waals surface area (Å²) in [6.07, 6.45) is 2.28. The molecule has 0 aliphatic rings. The summed E-state index contributed by atoms with van der Waals surface area (Å²) in [5, 5.41) is 9.22. The fourth-order valence-corrected chi connectivity index (χ4v) is 5.11. The van der Waals surface area contributed by atoms with E-state index in [4.69, 9.17) is 16.7 Å². The Balaban J connectivity index is 2.64. The molecule has 0 unspecified atom stereocenters. The maximum absolute atomic E-state index is 14.8. The van der Waals surface area contributed by atoms with Crippen LogP contribution in [0.15, 0.2) is 83.1 Å². The van der Waals surface area contributed by atoms with E-state index in [1.165, 1.54) is 44.2 Å². The van der Waals surface area contributed by atoms with Crippen LogP contribution in [-0.4, -0.2) is 25.5 Å². The van der Waals surface area contributed by atoms with Gasteiger partial charge in [0.2, 0.25) is 0 Å². The van der Waals surface area contributed by atoms with Crippen LogP contribution in [0.5, 0.6) is 0 Å². The molecule has 0 aliphatic carbocycles. The molecule has 0 aromatic heterocycles. The van der Waals surface area contributed by atoms with E-state index in [1.54, 1.807) is 0 Å². The molecular weight excluding hydrogens is 503 g/mol. The van der Waals surface area contributed by atoms with Crippen LogP contribution >= 0.6 is 11.6 Å². The largest absolute Gasteiger partial charge is 0.481 e. The van der Waals surface area contributed by atoms with Crippen LogP contribution in [0.2, 0.25) is 5.02 Å². The summed E-state index contributed by atoms with van der Waals surface area (Å²) in [6, 6.07) is 6.32. The highest BCUT2D eigenvalue weighted by Crippen LogP contribution is 2.34. The van der Waals surface area contributed by atoms with Gasteiger partial charge in [-0.2, -0.15) is 0 Å². The topological polar surface area (TPSA) is 74.7 Å². The Labute approximate surface area is 207 Å². The van der Waals surface area contributed by atoms with Crippen molar-refractivity contribution in [2.45, 2.75) is 44.0 Å². The lowest BCUT2D eigenvalue weighted by atomic mass is 9.95. The maximum atomic E-state index is 14.8. The quantitative estimate of drug-likeness (QED) is 0.326. The van der Waals surface area contributed by atoms with Crippen molar-refractivity contribution in [1.82, 2.24) is 0 Å². The average molecular weight is 528 g/mol. The first kappa shape index (κ1) is 28.2. The fourth-order valence-electron chi connectivity index (χ4n) is 3.34. The summed E-state index contributed by atoms with van der Waals surface area (Å²) in [5.74, 6) is -3.57. The first-order valence-electron chi connectivity index (χ1n) is 10.6. The molecule has 0 heterocycles. The highest BCUT2D eigenvalue weighted by atomic mass is 35.5. The van der Waals surface area contributed by atoms with Gasteiger partial charge < -0.3 is 5.11 Å². The molecule has 0 saturated heterocycles. The zero-order chi connectivity index (χ0) is 26.3. The van der Waals surface area contributed by atoms with Crippen molar-refractivity contribution < 1.29 is 31.5 Å². The summed E-state index contributed by atoms with van der Waals surface area (Å²) < 4.78 is 71.0.